The van der Waals surface area contributed by atoms with Gasteiger partial charge >= 0.3 is 0 Å². The van der Waals surface area contributed by atoms with Gasteiger partial charge in [0.2, 0.25) is 0 Å². The van der Waals surface area contributed by atoms with Crippen molar-refractivity contribution in [1.82, 2.24) is 0 Å². The minimum absolute atomic E-state index is 1.09. The first-order chi connectivity index (χ1) is 32.2. The van der Waals surface area contributed by atoms with E-state index in [1.165, 1.54) is 98.7 Å². The molecular formula is C64H43N. The Bertz CT molecular complexity index is 3680. The Morgan fingerprint density at radius 1 is 0.185 bits per heavy atom. The Hall–Kier alpha value is -8.52. The number of anilines is 3. The molecule has 0 aromatic heterocycles. The molecule has 0 amide bonds. The summed E-state index contributed by atoms with van der Waals surface area (Å²) in [6.45, 7) is 0. The van der Waals surface area contributed by atoms with Crippen molar-refractivity contribution in [1.29, 1.82) is 0 Å². The third kappa shape index (κ3) is 7.01. The average molecular weight is 826 g/mol. The normalized spacial score (nSPS) is 11.4. The van der Waals surface area contributed by atoms with Crippen LogP contribution in [0.2, 0.25) is 0 Å². The van der Waals surface area contributed by atoms with E-state index in [9.17, 15) is 0 Å². The molecule has 0 atom stereocenters. The highest BCUT2D eigenvalue weighted by Gasteiger charge is 2.18. The summed E-state index contributed by atoms with van der Waals surface area (Å²) in [5, 5.41) is 10.0. The average Bonchev–Trinajstić information content (AvgIpc) is 3.39. The molecule has 65 heavy (non-hydrogen) atoms. The lowest BCUT2D eigenvalue weighted by Gasteiger charge is -2.27. The van der Waals surface area contributed by atoms with Gasteiger partial charge in [-0.15, -0.1) is 0 Å². The van der Waals surface area contributed by atoms with Gasteiger partial charge < -0.3 is 4.90 Å². The molecule has 1 heteroatoms. The summed E-state index contributed by atoms with van der Waals surface area (Å²) in [6.07, 6.45) is 0. The zero-order chi connectivity index (χ0) is 43.1. The zero-order valence-electron chi connectivity index (χ0n) is 35.8. The third-order valence-electron chi connectivity index (χ3n) is 13.1. The van der Waals surface area contributed by atoms with Crippen LogP contribution in [0.15, 0.2) is 261 Å². The second-order valence-electron chi connectivity index (χ2n) is 16.9. The molecule has 12 aromatic rings. The zero-order valence-corrected chi connectivity index (χ0v) is 35.8. The first-order valence-electron chi connectivity index (χ1n) is 22.4. The highest BCUT2D eigenvalue weighted by Crippen LogP contribution is 2.43. The minimum atomic E-state index is 1.09. The molecule has 0 saturated heterocycles. The lowest BCUT2D eigenvalue weighted by Crippen LogP contribution is -2.10. The van der Waals surface area contributed by atoms with Gasteiger partial charge in [-0.25, -0.2) is 0 Å². The fourth-order valence-corrected chi connectivity index (χ4v) is 9.88. The molecule has 0 fully saturated rings. The predicted molar refractivity (Wildman–Crippen MR) is 278 cm³/mol. The molecule has 0 radical (unpaired) electrons. The van der Waals surface area contributed by atoms with Gasteiger partial charge in [-0.3, -0.25) is 0 Å². The van der Waals surface area contributed by atoms with Crippen LogP contribution >= 0.6 is 0 Å². The van der Waals surface area contributed by atoms with Gasteiger partial charge in [0.1, 0.15) is 0 Å². The second-order valence-corrected chi connectivity index (χ2v) is 16.9. The molecule has 0 spiro atoms. The molecule has 0 heterocycles. The Kier molecular flexibility index (Phi) is 9.58. The maximum Gasteiger partial charge on any atom is 0.0467 e. The summed E-state index contributed by atoms with van der Waals surface area (Å²) in [7, 11) is 0. The first kappa shape index (κ1) is 38.2. The van der Waals surface area contributed by atoms with Crippen LogP contribution in [0, 0.1) is 0 Å². The predicted octanol–water partition coefficient (Wildman–Crippen LogP) is 18.1. The van der Waals surface area contributed by atoms with Gasteiger partial charge in [0, 0.05) is 17.1 Å². The second kappa shape index (κ2) is 16.3. The number of hydrogen-bond acceptors (Lipinski definition) is 1. The van der Waals surface area contributed by atoms with Gasteiger partial charge in [-0.1, -0.05) is 218 Å². The summed E-state index contributed by atoms with van der Waals surface area (Å²) < 4.78 is 0. The Labute approximate surface area is 379 Å². The van der Waals surface area contributed by atoms with Crippen molar-refractivity contribution in [2.75, 3.05) is 4.90 Å². The largest absolute Gasteiger partial charge is 0.310 e. The van der Waals surface area contributed by atoms with Gasteiger partial charge in [-0.05, 0) is 141 Å². The molecule has 0 saturated carbocycles. The summed E-state index contributed by atoms with van der Waals surface area (Å²) in [5.74, 6) is 0. The number of rotatable bonds is 8. The van der Waals surface area contributed by atoms with E-state index < -0.39 is 0 Å². The lowest BCUT2D eigenvalue weighted by atomic mass is 9.90. The third-order valence-corrected chi connectivity index (χ3v) is 13.1. The molecular weight excluding hydrogens is 783 g/mol. The van der Waals surface area contributed by atoms with E-state index in [1.807, 2.05) is 0 Å². The number of nitrogens with zero attached hydrogens (tertiary/aromatic N) is 1. The van der Waals surface area contributed by atoms with Gasteiger partial charge in [0.05, 0.1) is 0 Å². The van der Waals surface area contributed by atoms with Crippen LogP contribution in [0.4, 0.5) is 17.1 Å². The molecule has 12 rings (SSSR count). The quantitative estimate of drug-likeness (QED) is 0.138. The monoisotopic (exact) mass is 825 g/mol. The van der Waals surface area contributed by atoms with Crippen molar-refractivity contribution in [3.05, 3.63) is 261 Å². The van der Waals surface area contributed by atoms with Crippen LogP contribution in [-0.2, 0) is 0 Å². The van der Waals surface area contributed by atoms with Crippen LogP contribution in [0.3, 0.4) is 0 Å². The highest BCUT2D eigenvalue weighted by atomic mass is 15.1. The Morgan fingerprint density at radius 3 is 1.20 bits per heavy atom. The SMILES string of the molecule is c1ccc(-c2ccc(-c3ccc(N(c4cccc(-c5ccc(-c6ccccc6)c6ccccc56)c4)c4cccc(-c5cc6c7ccccc7ccc6c6ccccc56)c4)cc3)cc2)cc1. The molecule has 0 aliphatic heterocycles. The van der Waals surface area contributed by atoms with Crippen molar-refractivity contribution < 1.29 is 0 Å². The van der Waals surface area contributed by atoms with Crippen LogP contribution < -0.4 is 4.90 Å². The van der Waals surface area contributed by atoms with Crippen LogP contribution in [0.25, 0.3) is 98.7 Å². The van der Waals surface area contributed by atoms with E-state index in [0.29, 0.717) is 0 Å². The number of fused-ring (bicyclic) bond motifs is 6. The molecule has 304 valence electrons. The van der Waals surface area contributed by atoms with Crippen LogP contribution in [-0.4, -0.2) is 0 Å². The van der Waals surface area contributed by atoms with E-state index in [4.69, 9.17) is 0 Å². The van der Waals surface area contributed by atoms with Crippen molar-refractivity contribution >= 4 is 60.2 Å². The topological polar surface area (TPSA) is 3.24 Å². The summed E-state index contributed by atoms with van der Waals surface area (Å²) in [4.78, 5) is 2.41. The van der Waals surface area contributed by atoms with Crippen LogP contribution in [0.1, 0.15) is 0 Å². The minimum Gasteiger partial charge on any atom is -0.310 e. The smallest absolute Gasteiger partial charge is 0.0467 e. The number of benzene rings is 12. The van der Waals surface area contributed by atoms with E-state index in [-0.39, 0.29) is 0 Å². The van der Waals surface area contributed by atoms with E-state index in [0.717, 1.165) is 17.1 Å². The Morgan fingerprint density at radius 2 is 0.600 bits per heavy atom. The Balaban J connectivity index is 1.00. The molecule has 0 aliphatic rings. The van der Waals surface area contributed by atoms with Crippen LogP contribution in [0.5, 0.6) is 0 Å². The summed E-state index contributed by atoms with van der Waals surface area (Å²) >= 11 is 0. The van der Waals surface area contributed by atoms with E-state index >= 15 is 0 Å². The van der Waals surface area contributed by atoms with E-state index in [2.05, 4.69) is 266 Å². The van der Waals surface area contributed by atoms with E-state index in [1.54, 1.807) is 0 Å². The van der Waals surface area contributed by atoms with Crippen molar-refractivity contribution in [2.45, 2.75) is 0 Å². The maximum atomic E-state index is 2.41. The fraction of sp³-hybridized carbons (Fsp3) is 0. The molecule has 0 aliphatic carbocycles. The molecule has 0 N–H and O–H groups in total. The molecule has 12 aromatic carbocycles. The molecule has 0 unspecified atom stereocenters. The molecule has 1 nitrogen and oxygen atoms in total. The highest BCUT2D eigenvalue weighted by molar-refractivity contribution is 6.21. The summed E-state index contributed by atoms with van der Waals surface area (Å²) in [6, 6.07) is 95.2. The van der Waals surface area contributed by atoms with Crippen molar-refractivity contribution in [3.63, 3.8) is 0 Å². The lowest BCUT2D eigenvalue weighted by molar-refractivity contribution is 1.28. The first-order valence-corrected chi connectivity index (χ1v) is 22.4. The maximum absolute atomic E-state index is 2.41. The standard InChI is InChI=1S/C64H43N/c1-3-15-44(16-4-1)45-29-31-46(32-30-45)47-33-36-52(37-34-47)65(53-22-13-20-50(41-53)57-40-39-56(48-17-5-2-6-18-48)58-25-9-10-26-59(57)58)54-23-14-21-51(42-54)63-43-64-55-24-8-7-19-49(55)35-38-62(64)60-27-11-12-28-61(60)63/h1-43H. The number of hydrogen-bond donors (Lipinski definition) is 0. The van der Waals surface area contributed by atoms with Gasteiger partial charge in [0.25, 0.3) is 0 Å². The van der Waals surface area contributed by atoms with Crippen molar-refractivity contribution in [2.24, 2.45) is 0 Å². The van der Waals surface area contributed by atoms with Gasteiger partial charge in [-0.2, -0.15) is 0 Å². The fourth-order valence-electron chi connectivity index (χ4n) is 9.88. The summed E-state index contributed by atoms with van der Waals surface area (Å²) in [5.41, 5.74) is 15.3. The van der Waals surface area contributed by atoms with Crippen molar-refractivity contribution in [3.8, 4) is 55.6 Å². The molecule has 0 bridgehead atoms. The van der Waals surface area contributed by atoms with Gasteiger partial charge in [0.15, 0.2) is 0 Å².